The van der Waals surface area contributed by atoms with Crippen molar-refractivity contribution in [2.45, 2.75) is 17.3 Å². The van der Waals surface area contributed by atoms with Crippen LogP contribution in [0.25, 0.3) is 22.2 Å². The number of fused-ring (bicyclic) bond motifs is 1. The minimum atomic E-state index is -0.320. The summed E-state index contributed by atoms with van der Waals surface area (Å²) in [4.78, 5) is 16.7. The predicted octanol–water partition coefficient (Wildman–Crippen LogP) is 4.15. The first kappa shape index (κ1) is 18.2. The molecule has 0 radical (unpaired) electrons. The lowest BCUT2D eigenvalue weighted by Crippen LogP contribution is -2.22. The van der Waals surface area contributed by atoms with Crippen molar-refractivity contribution in [3.05, 3.63) is 67.0 Å². The van der Waals surface area contributed by atoms with E-state index in [9.17, 15) is 4.79 Å². The van der Waals surface area contributed by atoms with Crippen molar-refractivity contribution < 1.29 is 4.79 Å². The van der Waals surface area contributed by atoms with Gasteiger partial charge in [-0.25, -0.2) is 0 Å². The highest BCUT2D eigenvalue weighted by atomic mass is 32.2. The van der Waals surface area contributed by atoms with Crippen molar-refractivity contribution in [1.29, 1.82) is 0 Å². The molecular formula is C21H19N5OS. The summed E-state index contributed by atoms with van der Waals surface area (Å²) in [6.07, 6.45) is 3.44. The van der Waals surface area contributed by atoms with Crippen LogP contribution in [0.15, 0.2) is 72.1 Å². The molecule has 0 aliphatic rings. The van der Waals surface area contributed by atoms with E-state index < -0.39 is 0 Å². The lowest BCUT2D eigenvalue weighted by molar-refractivity contribution is -0.115. The van der Waals surface area contributed by atoms with Gasteiger partial charge in [0.25, 0.3) is 0 Å². The summed E-state index contributed by atoms with van der Waals surface area (Å²) in [6, 6.07) is 17.7. The van der Waals surface area contributed by atoms with Crippen LogP contribution in [0.5, 0.6) is 0 Å². The van der Waals surface area contributed by atoms with Crippen molar-refractivity contribution in [3.63, 3.8) is 0 Å². The molecule has 0 bridgehead atoms. The molecule has 28 heavy (non-hydrogen) atoms. The number of anilines is 1. The lowest BCUT2D eigenvalue weighted by Gasteiger charge is -2.12. The number of hydrogen-bond acceptors (Lipinski definition) is 5. The molecule has 4 rings (SSSR count). The Morgan fingerprint density at radius 3 is 2.57 bits per heavy atom. The van der Waals surface area contributed by atoms with E-state index in [1.807, 2.05) is 73.1 Å². The van der Waals surface area contributed by atoms with Gasteiger partial charge in [0, 0.05) is 30.7 Å². The molecule has 1 amide bonds. The third-order valence-electron chi connectivity index (χ3n) is 4.44. The first-order chi connectivity index (χ1) is 13.6. The normalized spacial score (nSPS) is 12.1. The molecule has 2 aromatic heterocycles. The number of amides is 1. The molecule has 0 saturated carbocycles. The van der Waals surface area contributed by atoms with Crippen LogP contribution in [0.1, 0.15) is 6.92 Å². The predicted molar refractivity (Wildman–Crippen MR) is 112 cm³/mol. The second kappa shape index (κ2) is 7.82. The van der Waals surface area contributed by atoms with E-state index in [4.69, 9.17) is 0 Å². The summed E-state index contributed by atoms with van der Waals surface area (Å²) >= 11 is 1.38. The Labute approximate surface area is 167 Å². The molecule has 7 heteroatoms. The summed E-state index contributed by atoms with van der Waals surface area (Å²) in [5.74, 6) is 0.667. The Bertz CT molecular complexity index is 1130. The zero-order valence-corrected chi connectivity index (χ0v) is 16.4. The summed E-state index contributed by atoms with van der Waals surface area (Å²) < 4.78 is 1.89. The average molecular weight is 389 g/mol. The Morgan fingerprint density at radius 1 is 1.04 bits per heavy atom. The molecule has 4 aromatic rings. The van der Waals surface area contributed by atoms with Gasteiger partial charge in [-0.05, 0) is 42.0 Å². The monoisotopic (exact) mass is 389 g/mol. The Morgan fingerprint density at radius 2 is 1.79 bits per heavy atom. The highest BCUT2D eigenvalue weighted by Crippen LogP contribution is 2.26. The van der Waals surface area contributed by atoms with Crippen LogP contribution < -0.4 is 5.32 Å². The lowest BCUT2D eigenvalue weighted by atomic mass is 10.1. The van der Waals surface area contributed by atoms with Crippen LogP contribution in [0, 0.1) is 0 Å². The fourth-order valence-electron chi connectivity index (χ4n) is 2.89. The molecule has 0 aliphatic carbocycles. The number of aromatic nitrogens is 4. The van der Waals surface area contributed by atoms with Gasteiger partial charge in [-0.15, -0.1) is 10.2 Å². The van der Waals surface area contributed by atoms with Crippen molar-refractivity contribution >= 4 is 34.1 Å². The summed E-state index contributed by atoms with van der Waals surface area (Å²) in [6.45, 7) is 1.86. The van der Waals surface area contributed by atoms with Gasteiger partial charge in [-0.3, -0.25) is 9.78 Å². The van der Waals surface area contributed by atoms with E-state index in [2.05, 4.69) is 20.5 Å². The summed E-state index contributed by atoms with van der Waals surface area (Å²) in [5.41, 5.74) is 1.72. The van der Waals surface area contributed by atoms with E-state index in [1.165, 1.54) is 11.8 Å². The number of carbonyl (C=O) groups excluding carboxylic acids is 1. The highest BCUT2D eigenvalue weighted by molar-refractivity contribution is 8.00. The quantitative estimate of drug-likeness (QED) is 0.519. The van der Waals surface area contributed by atoms with Crippen LogP contribution in [0.2, 0.25) is 0 Å². The van der Waals surface area contributed by atoms with Crippen LogP contribution in [0.3, 0.4) is 0 Å². The zero-order chi connectivity index (χ0) is 19.5. The van der Waals surface area contributed by atoms with E-state index in [0.717, 1.165) is 27.8 Å². The average Bonchev–Trinajstić information content (AvgIpc) is 3.08. The third kappa shape index (κ3) is 3.75. The first-order valence-electron chi connectivity index (χ1n) is 8.88. The standard InChI is InChI=1S/C21H19N5OS/c1-14(20(27)23-18-8-7-15-5-3-4-6-17(15)13-18)28-21-25-24-19(26(21)2)16-9-11-22-12-10-16/h3-14H,1-2H3,(H,23,27)/t14-/m0/s1. The maximum absolute atomic E-state index is 12.6. The van der Waals surface area contributed by atoms with Crippen LogP contribution >= 0.6 is 11.8 Å². The minimum absolute atomic E-state index is 0.0752. The van der Waals surface area contributed by atoms with Gasteiger partial charge in [0.15, 0.2) is 11.0 Å². The molecule has 0 aliphatic heterocycles. The van der Waals surface area contributed by atoms with Gasteiger partial charge in [-0.1, -0.05) is 42.1 Å². The van der Waals surface area contributed by atoms with E-state index in [-0.39, 0.29) is 11.2 Å². The molecule has 1 atom stereocenters. The molecule has 2 aromatic carbocycles. The number of benzene rings is 2. The van der Waals surface area contributed by atoms with Gasteiger partial charge in [0.2, 0.25) is 5.91 Å². The Balaban J connectivity index is 1.46. The van der Waals surface area contributed by atoms with Crippen molar-refractivity contribution in [3.8, 4) is 11.4 Å². The Kier molecular flexibility index (Phi) is 5.08. The second-order valence-electron chi connectivity index (χ2n) is 6.41. The fraction of sp³-hybridized carbons (Fsp3) is 0.143. The van der Waals surface area contributed by atoms with Crippen LogP contribution in [0.4, 0.5) is 5.69 Å². The van der Waals surface area contributed by atoms with Crippen LogP contribution in [-0.2, 0) is 11.8 Å². The maximum atomic E-state index is 12.6. The molecule has 0 saturated heterocycles. The maximum Gasteiger partial charge on any atom is 0.237 e. The van der Waals surface area contributed by atoms with Gasteiger partial charge >= 0.3 is 0 Å². The number of thioether (sulfide) groups is 1. The van der Waals surface area contributed by atoms with Crippen molar-refractivity contribution in [2.75, 3.05) is 5.32 Å². The number of rotatable bonds is 5. The topological polar surface area (TPSA) is 72.7 Å². The molecule has 6 nitrogen and oxygen atoms in total. The second-order valence-corrected chi connectivity index (χ2v) is 7.72. The molecule has 0 fully saturated rings. The SMILES string of the molecule is C[C@H](Sc1nnc(-c2ccncc2)n1C)C(=O)Nc1ccc2ccccc2c1. The number of nitrogens with one attached hydrogen (secondary N) is 1. The number of carbonyl (C=O) groups is 1. The van der Waals surface area contributed by atoms with Gasteiger partial charge in [0.05, 0.1) is 5.25 Å². The molecule has 1 N–H and O–H groups in total. The van der Waals surface area contributed by atoms with Gasteiger partial charge < -0.3 is 9.88 Å². The van der Waals surface area contributed by atoms with Crippen LogP contribution in [-0.4, -0.2) is 30.9 Å². The number of hydrogen-bond donors (Lipinski definition) is 1. The number of nitrogens with zero attached hydrogens (tertiary/aromatic N) is 4. The van der Waals surface area contributed by atoms with Gasteiger partial charge in [-0.2, -0.15) is 0 Å². The first-order valence-corrected chi connectivity index (χ1v) is 9.76. The van der Waals surface area contributed by atoms with Crippen molar-refractivity contribution in [2.24, 2.45) is 7.05 Å². The highest BCUT2D eigenvalue weighted by Gasteiger charge is 2.19. The third-order valence-corrected chi connectivity index (χ3v) is 5.58. The molecule has 0 unspecified atom stereocenters. The smallest absolute Gasteiger partial charge is 0.237 e. The van der Waals surface area contributed by atoms with Gasteiger partial charge in [0.1, 0.15) is 0 Å². The zero-order valence-electron chi connectivity index (χ0n) is 15.5. The summed E-state index contributed by atoms with van der Waals surface area (Å²) in [7, 11) is 1.89. The molecule has 0 spiro atoms. The van der Waals surface area contributed by atoms with E-state index in [1.54, 1.807) is 12.4 Å². The summed E-state index contributed by atoms with van der Waals surface area (Å²) in [5, 5.41) is 14.1. The van der Waals surface area contributed by atoms with E-state index >= 15 is 0 Å². The minimum Gasteiger partial charge on any atom is -0.325 e. The fourth-order valence-corrected chi connectivity index (χ4v) is 3.71. The largest absolute Gasteiger partial charge is 0.325 e. The molecule has 140 valence electrons. The number of pyridine rings is 1. The Hall–Kier alpha value is -3.19. The van der Waals surface area contributed by atoms with Crippen molar-refractivity contribution in [1.82, 2.24) is 19.7 Å². The molecule has 2 heterocycles. The molecular weight excluding hydrogens is 370 g/mol. The van der Waals surface area contributed by atoms with E-state index in [0.29, 0.717) is 5.16 Å².